The lowest BCUT2D eigenvalue weighted by Gasteiger charge is -2.31. The molecule has 0 bridgehead atoms. The Labute approximate surface area is 127 Å². The van der Waals surface area contributed by atoms with Crippen LogP contribution in [-0.4, -0.2) is 29.9 Å². The van der Waals surface area contributed by atoms with Crippen molar-refractivity contribution in [2.75, 3.05) is 13.1 Å². The molecule has 0 aromatic heterocycles. The lowest BCUT2D eigenvalue weighted by atomic mass is 9.84. The van der Waals surface area contributed by atoms with E-state index in [0.29, 0.717) is 12.5 Å². The molecule has 1 amide bonds. The summed E-state index contributed by atoms with van der Waals surface area (Å²) in [4.78, 5) is 14.4. The number of carbonyl (C=O) groups excluding carboxylic acids is 1. The van der Waals surface area contributed by atoms with E-state index >= 15 is 0 Å². The van der Waals surface area contributed by atoms with Crippen LogP contribution in [0.3, 0.4) is 0 Å². The molecule has 1 saturated heterocycles. The molecule has 1 atom stereocenters. The van der Waals surface area contributed by atoms with Crippen LogP contribution in [0.2, 0.25) is 0 Å². The van der Waals surface area contributed by atoms with Crippen LogP contribution < -0.4 is 5.73 Å². The first-order chi connectivity index (χ1) is 10.2. The molecule has 1 heterocycles. The number of amides is 1. The van der Waals surface area contributed by atoms with E-state index < -0.39 is 0 Å². The van der Waals surface area contributed by atoms with Crippen molar-refractivity contribution in [2.24, 2.45) is 5.73 Å². The molecule has 1 unspecified atom stereocenters. The Kier molecular flexibility index (Phi) is 4.59. The molecule has 1 aliphatic carbocycles. The third kappa shape index (κ3) is 3.46. The number of piperidine rings is 1. The summed E-state index contributed by atoms with van der Waals surface area (Å²) in [6.45, 7) is 1.54. The zero-order valence-electron chi connectivity index (χ0n) is 12.8. The monoisotopic (exact) mass is 286 g/mol. The highest BCUT2D eigenvalue weighted by Crippen LogP contribution is 2.32. The molecule has 114 valence electrons. The number of rotatable bonds is 2. The Morgan fingerprint density at radius 2 is 1.71 bits per heavy atom. The Morgan fingerprint density at radius 3 is 2.38 bits per heavy atom. The van der Waals surface area contributed by atoms with Gasteiger partial charge in [0.05, 0.1) is 0 Å². The highest BCUT2D eigenvalue weighted by Gasteiger charge is 2.22. The maximum atomic E-state index is 12.5. The van der Waals surface area contributed by atoms with Gasteiger partial charge in [0.25, 0.3) is 5.91 Å². The highest BCUT2D eigenvalue weighted by molar-refractivity contribution is 5.94. The molecule has 3 heteroatoms. The second kappa shape index (κ2) is 6.61. The van der Waals surface area contributed by atoms with Crippen LogP contribution in [-0.2, 0) is 0 Å². The summed E-state index contributed by atoms with van der Waals surface area (Å²) in [5, 5.41) is 0. The molecule has 21 heavy (non-hydrogen) atoms. The fraction of sp³-hybridized carbons (Fsp3) is 0.611. The lowest BCUT2D eigenvalue weighted by Crippen LogP contribution is -2.45. The minimum absolute atomic E-state index is 0.139. The summed E-state index contributed by atoms with van der Waals surface area (Å²) in [6.07, 6.45) is 8.72. The van der Waals surface area contributed by atoms with Gasteiger partial charge in [-0.25, -0.2) is 0 Å². The summed E-state index contributed by atoms with van der Waals surface area (Å²) < 4.78 is 0. The van der Waals surface area contributed by atoms with Crippen LogP contribution in [0.1, 0.15) is 66.8 Å². The third-order valence-corrected chi connectivity index (χ3v) is 4.98. The molecule has 3 rings (SSSR count). The lowest BCUT2D eigenvalue weighted by molar-refractivity contribution is 0.0709. The van der Waals surface area contributed by atoms with Gasteiger partial charge < -0.3 is 10.6 Å². The predicted octanol–water partition coefficient (Wildman–Crippen LogP) is 3.30. The number of nitrogens with two attached hydrogens (primary N) is 1. The van der Waals surface area contributed by atoms with Gasteiger partial charge >= 0.3 is 0 Å². The average molecular weight is 286 g/mol. The van der Waals surface area contributed by atoms with Crippen molar-refractivity contribution in [2.45, 2.75) is 56.9 Å². The van der Waals surface area contributed by atoms with E-state index in [9.17, 15) is 4.79 Å². The quantitative estimate of drug-likeness (QED) is 0.906. The van der Waals surface area contributed by atoms with Crippen LogP contribution in [0.4, 0.5) is 0 Å². The van der Waals surface area contributed by atoms with Gasteiger partial charge in [-0.2, -0.15) is 0 Å². The number of benzene rings is 1. The predicted molar refractivity (Wildman–Crippen MR) is 85.4 cm³/mol. The number of hydrogen-bond donors (Lipinski definition) is 1. The van der Waals surface area contributed by atoms with Gasteiger partial charge in [-0.05, 0) is 49.3 Å². The van der Waals surface area contributed by atoms with E-state index in [4.69, 9.17) is 5.73 Å². The van der Waals surface area contributed by atoms with Crippen molar-refractivity contribution in [3.05, 3.63) is 35.4 Å². The first-order valence-corrected chi connectivity index (χ1v) is 8.39. The molecule has 1 aromatic rings. The Hall–Kier alpha value is -1.35. The molecule has 3 nitrogen and oxygen atoms in total. The molecule has 2 aliphatic rings. The first-order valence-electron chi connectivity index (χ1n) is 8.39. The number of likely N-dealkylation sites (tertiary alicyclic amines) is 1. The molecular formula is C18H26N2O. The maximum Gasteiger partial charge on any atom is 0.253 e. The van der Waals surface area contributed by atoms with Crippen molar-refractivity contribution in [1.29, 1.82) is 0 Å². The average Bonchev–Trinajstić information content (AvgIpc) is 2.55. The second-order valence-electron chi connectivity index (χ2n) is 6.61. The first kappa shape index (κ1) is 14.6. The molecule has 1 aliphatic heterocycles. The van der Waals surface area contributed by atoms with E-state index in [-0.39, 0.29) is 11.9 Å². The molecular weight excluding hydrogens is 260 g/mol. The molecule has 2 N–H and O–H groups in total. The molecule has 0 radical (unpaired) electrons. The van der Waals surface area contributed by atoms with Gasteiger partial charge in [0.15, 0.2) is 0 Å². The third-order valence-electron chi connectivity index (χ3n) is 4.98. The van der Waals surface area contributed by atoms with E-state index in [2.05, 4.69) is 12.1 Å². The fourth-order valence-electron chi connectivity index (χ4n) is 3.71. The van der Waals surface area contributed by atoms with Gasteiger partial charge in [-0.15, -0.1) is 0 Å². The fourth-order valence-corrected chi connectivity index (χ4v) is 3.71. The highest BCUT2D eigenvalue weighted by atomic mass is 16.2. The summed E-state index contributed by atoms with van der Waals surface area (Å²) in [6, 6.07) is 8.48. The van der Waals surface area contributed by atoms with Crippen LogP contribution in [0.25, 0.3) is 0 Å². The minimum Gasteiger partial charge on any atom is -0.337 e. The van der Waals surface area contributed by atoms with Crippen molar-refractivity contribution < 1.29 is 4.79 Å². The molecule has 0 spiro atoms. The van der Waals surface area contributed by atoms with Gasteiger partial charge in [-0.1, -0.05) is 31.4 Å². The molecule has 1 saturated carbocycles. The van der Waals surface area contributed by atoms with Crippen LogP contribution in [0.15, 0.2) is 24.3 Å². The summed E-state index contributed by atoms with van der Waals surface area (Å²) in [7, 11) is 0. The Balaban J connectivity index is 1.67. The van der Waals surface area contributed by atoms with Crippen LogP contribution in [0, 0.1) is 0 Å². The van der Waals surface area contributed by atoms with Crippen molar-refractivity contribution in [3.8, 4) is 0 Å². The van der Waals surface area contributed by atoms with Gasteiger partial charge in [0.1, 0.15) is 0 Å². The maximum absolute atomic E-state index is 12.5. The van der Waals surface area contributed by atoms with Crippen molar-refractivity contribution in [1.82, 2.24) is 4.90 Å². The standard InChI is InChI=1S/C18H26N2O/c19-17-7-4-12-20(13-17)18(21)16-10-8-15(9-11-16)14-5-2-1-3-6-14/h8-11,14,17H,1-7,12-13,19H2. The van der Waals surface area contributed by atoms with E-state index in [1.165, 1.54) is 37.7 Å². The number of carbonyl (C=O) groups is 1. The van der Waals surface area contributed by atoms with Gasteiger partial charge in [0.2, 0.25) is 0 Å². The summed E-state index contributed by atoms with van der Waals surface area (Å²) in [5.41, 5.74) is 8.18. The Morgan fingerprint density at radius 1 is 1.00 bits per heavy atom. The van der Waals surface area contributed by atoms with Crippen LogP contribution in [0.5, 0.6) is 0 Å². The van der Waals surface area contributed by atoms with E-state index in [1.54, 1.807) is 0 Å². The Bertz CT molecular complexity index is 476. The normalized spacial score (nSPS) is 24.0. The zero-order valence-corrected chi connectivity index (χ0v) is 12.8. The summed E-state index contributed by atoms with van der Waals surface area (Å²) in [5.74, 6) is 0.839. The molecule has 1 aromatic carbocycles. The minimum atomic E-state index is 0.139. The SMILES string of the molecule is NC1CCCN(C(=O)c2ccc(C3CCCCC3)cc2)C1. The van der Waals surface area contributed by atoms with Crippen molar-refractivity contribution in [3.63, 3.8) is 0 Å². The van der Waals surface area contributed by atoms with Crippen molar-refractivity contribution >= 4 is 5.91 Å². The smallest absolute Gasteiger partial charge is 0.253 e. The molecule has 2 fully saturated rings. The second-order valence-corrected chi connectivity index (χ2v) is 6.61. The van der Waals surface area contributed by atoms with Crippen LogP contribution >= 0.6 is 0 Å². The van der Waals surface area contributed by atoms with E-state index in [0.717, 1.165) is 24.9 Å². The van der Waals surface area contributed by atoms with E-state index in [1.807, 2.05) is 17.0 Å². The summed E-state index contributed by atoms with van der Waals surface area (Å²) >= 11 is 0. The van der Waals surface area contributed by atoms with Gasteiger partial charge in [0, 0.05) is 24.7 Å². The van der Waals surface area contributed by atoms with Gasteiger partial charge in [-0.3, -0.25) is 4.79 Å². The largest absolute Gasteiger partial charge is 0.337 e. The number of nitrogens with zero attached hydrogens (tertiary/aromatic N) is 1. The number of hydrogen-bond acceptors (Lipinski definition) is 2. The topological polar surface area (TPSA) is 46.3 Å². The zero-order chi connectivity index (χ0) is 14.7.